The smallest absolute Gasteiger partial charge is 0.238 e. The Morgan fingerprint density at radius 3 is 1.39 bits per heavy atom. The van der Waals surface area contributed by atoms with Gasteiger partial charge in [-0.2, -0.15) is 0 Å². The van der Waals surface area contributed by atoms with E-state index in [1.807, 2.05) is 60.7 Å². The highest BCUT2D eigenvalue weighted by Crippen LogP contribution is 2.59. The number of carbonyl (C=O) groups excluding carboxylic acids is 2. The van der Waals surface area contributed by atoms with Crippen LogP contribution in [0, 0.1) is 52.8 Å². The number of allylic oxidation sites excluding steroid dienone is 3. The highest BCUT2D eigenvalue weighted by atomic mass is 19.2. The summed E-state index contributed by atoms with van der Waals surface area (Å²) in [7, 11) is 0. The maximum absolute atomic E-state index is 14.5. The molecular weight excluding hydrogens is 477 g/mol. The van der Waals surface area contributed by atoms with Crippen LogP contribution in [0.2, 0.25) is 0 Å². The van der Waals surface area contributed by atoms with Crippen LogP contribution in [-0.4, -0.2) is 11.8 Å². The molecule has 3 aliphatic rings. The minimum atomic E-state index is -2.35. The Balaban J connectivity index is 1.51. The Kier molecular flexibility index (Phi) is 4.96. The number of nitrogens with zero attached hydrogens (tertiary/aromatic N) is 1. The average Bonchev–Trinajstić information content (AvgIpc) is 3.53. The van der Waals surface area contributed by atoms with E-state index in [-0.39, 0.29) is 4.90 Å². The number of benzene rings is 3. The molecule has 6 rings (SSSR count). The fourth-order valence-electron chi connectivity index (χ4n) is 5.82. The van der Waals surface area contributed by atoms with Crippen molar-refractivity contribution >= 4 is 23.1 Å². The van der Waals surface area contributed by atoms with Gasteiger partial charge in [0.2, 0.25) is 17.6 Å². The van der Waals surface area contributed by atoms with E-state index in [2.05, 4.69) is 0 Å². The number of hydrogen-bond acceptors (Lipinski definition) is 2. The number of imide groups is 1. The summed E-state index contributed by atoms with van der Waals surface area (Å²) in [6.45, 7) is 0. The Bertz CT molecular complexity index is 1390. The lowest BCUT2D eigenvalue weighted by atomic mass is 9.85. The number of halogens is 5. The van der Waals surface area contributed by atoms with Crippen LogP contribution in [0.1, 0.15) is 11.1 Å². The molecule has 3 aromatic rings. The molecular formula is C28H16F5NO2. The van der Waals surface area contributed by atoms with Crippen molar-refractivity contribution in [1.29, 1.82) is 0 Å². The normalized spacial score (nSPS) is 24.1. The molecule has 0 unspecified atom stereocenters. The SMILES string of the molecule is O=C1[C@H]2[C@H](C(=O)N1c1c(F)c(F)c(F)c(F)c1F)[C@H]1C=C[C@@H]2C1=C(c1ccccc1)c1ccccc1. The topological polar surface area (TPSA) is 37.4 Å². The van der Waals surface area contributed by atoms with Crippen LogP contribution in [0.4, 0.5) is 27.6 Å². The van der Waals surface area contributed by atoms with Crippen LogP contribution in [0.25, 0.3) is 5.57 Å². The number of carbonyl (C=O) groups is 2. The quantitative estimate of drug-likeness (QED) is 0.152. The van der Waals surface area contributed by atoms with E-state index in [1.165, 1.54) is 0 Å². The molecule has 0 spiro atoms. The maximum atomic E-state index is 14.5. The summed E-state index contributed by atoms with van der Waals surface area (Å²) in [5, 5.41) is 0. The monoisotopic (exact) mass is 493 g/mol. The molecule has 1 aliphatic heterocycles. The summed E-state index contributed by atoms with van der Waals surface area (Å²) < 4.78 is 70.4. The predicted molar refractivity (Wildman–Crippen MR) is 121 cm³/mol. The highest BCUT2D eigenvalue weighted by molar-refractivity contribution is 6.23. The minimum absolute atomic E-state index is 0.139. The predicted octanol–water partition coefficient (Wildman–Crippen LogP) is 5.81. The molecule has 0 aromatic heterocycles. The summed E-state index contributed by atoms with van der Waals surface area (Å²) in [6, 6.07) is 18.8. The second kappa shape index (κ2) is 7.98. The molecule has 2 bridgehead atoms. The fraction of sp³-hybridized carbons (Fsp3) is 0.143. The van der Waals surface area contributed by atoms with E-state index in [0.717, 1.165) is 22.3 Å². The number of amides is 2. The molecule has 36 heavy (non-hydrogen) atoms. The van der Waals surface area contributed by atoms with Gasteiger partial charge in [0.1, 0.15) is 5.69 Å². The number of hydrogen-bond donors (Lipinski definition) is 0. The van der Waals surface area contributed by atoms with Gasteiger partial charge in [0, 0.05) is 11.8 Å². The van der Waals surface area contributed by atoms with Crippen molar-refractivity contribution in [2.75, 3.05) is 4.90 Å². The van der Waals surface area contributed by atoms with Gasteiger partial charge in [-0.25, -0.2) is 26.9 Å². The first-order chi connectivity index (χ1) is 17.3. The van der Waals surface area contributed by atoms with Crippen molar-refractivity contribution < 1.29 is 31.5 Å². The summed E-state index contributed by atoms with van der Waals surface area (Å²) in [6.07, 6.45) is 3.56. The van der Waals surface area contributed by atoms with Gasteiger partial charge in [0.25, 0.3) is 0 Å². The Morgan fingerprint density at radius 2 is 0.972 bits per heavy atom. The maximum Gasteiger partial charge on any atom is 0.238 e. The molecule has 0 radical (unpaired) electrons. The molecule has 3 aromatic carbocycles. The van der Waals surface area contributed by atoms with Gasteiger partial charge in [-0.3, -0.25) is 9.59 Å². The molecule has 2 fully saturated rings. The fourth-order valence-corrected chi connectivity index (χ4v) is 5.82. The third kappa shape index (κ3) is 2.90. The van der Waals surface area contributed by atoms with Crippen LogP contribution < -0.4 is 4.90 Å². The number of rotatable bonds is 3. The van der Waals surface area contributed by atoms with Gasteiger partial charge >= 0.3 is 0 Å². The van der Waals surface area contributed by atoms with Gasteiger partial charge < -0.3 is 0 Å². The summed E-state index contributed by atoms with van der Waals surface area (Å²) in [5.74, 6) is -16.3. The Morgan fingerprint density at radius 1 is 0.583 bits per heavy atom. The van der Waals surface area contributed by atoms with E-state index in [9.17, 15) is 31.5 Å². The van der Waals surface area contributed by atoms with Crippen molar-refractivity contribution in [3.63, 3.8) is 0 Å². The third-order valence-corrected chi connectivity index (χ3v) is 7.24. The standard InChI is InChI=1S/C28H16F5NO2/c29-21-22(30)24(32)26(25(33)23(21)31)34-27(35)19-15-11-12-16(20(19)28(34)36)18(15)17(13-7-3-1-4-8-13)14-9-5-2-6-10-14/h1-12,15-16,19-20H/t15-,16+,19-,20-/m1/s1. The second-order valence-corrected chi connectivity index (χ2v) is 8.98. The molecule has 1 saturated heterocycles. The summed E-state index contributed by atoms with van der Waals surface area (Å²) in [5.41, 5.74) is 1.88. The zero-order valence-electron chi connectivity index (χ0n) is 18.4. The zero-order chi connectivity index (χ0) is 25.3. The van der Waals surface area contributed by atoms with Crippen LogP contribution in [0.15, 0.2) is 78.4 Å². The average molecular weight is 493 g/mol. The van der Waals surface area contributed by atoms with Gasteiger partial charge in [-0.15, -0.1) is 0 Å². The van der Waals surface area contributed by atoms with Gasteiger partial charge in [-0.1, -0.05) is 72.8 Å². The molecule has 2 aliphatic carbocycles. The van der Waals surface area contributed by atoms with Crippen molar-refractivity contribution in [3.05, 3.63) is 119 Å². The first-order valence-electron chi connectivity index (χ1n) is 11.3. The van der Waals surface area contributed by atoms with E-state index in [1.54, 1.807) is 12.2 Å². The first-order valence-corrected chi connectivity index (χ1v) is 11.3. The van der Waals surface area contributed by atoms with Crippen molar-refractivity contribution in [3.8, 4) is 0 Å². The third-order valence-electron chi connectivity index (χ3n) is 7.24. The highest BCUT2D eigenvalue weighted by Gasteiger charge is 2.63. The van der Waals surface area contributed by atoms with Crippen LogP contribution in [0.5, 0.6) is 0 Å². The van der Waals surface area contributed by atoms with Crippen LogP contribution in [-0.2, 0) is 9.59 Å². The molecule has 4 atom stereocenters. The van der Waals surface area contributed by atoms with E-state index in [4.69, 9.17) is 0 Å². The van der Waals surface area contributed by atoms with Crippen molar-refractivity contribution in [2.24, 2.45) is 23.7 Å². The van der Waals surface area contributed by atoms with E-state index < -0.39 is 70.3 Å². The molecule has 8 heteroatoms. The molecule has 2 amide bonds. The van der Waals surface area contributed by atoms with Gasteiger partial charge in [-0.05, 0) is 22.3 Å². The number of anilines is 1. The van der Waals surface area contributed by atoms with Gasteiger partial charge in [0.05, 0.1) is 11.8 Å². The summed E-state index contributed by atoms with van der Waals surface area (Å²) in [4.78, 5) is 27.0. The lowest BCUT2D eigenvalue weighted by Gasteiger charge is -2.22. The molecule has 180 valence electrons. The molecule has 0 N–H and O–H groups in total. The lowest BCUT2D eigenvalue weighted by molar-refractivity contribution is -0.123. The second-order valence-electron chi connectivity index (χ2n) is 8.98. The van der Waals surface area contributed by atoms with Crippen molar-refractivity contribution in [2.45, 2.75) is 0 Å². The first kappa shape index (κ1) is 22.4. The minimum Gasteiger partial charge on any atom is -0.274 e. The van der Waals surface area contributed by atoms with E-state index in [0.29, 0.717) is 0 Å². The van der Waals surface area contributed by atoms with Crippen LogP contribution in [0.3, 0.4) is 0 Å². The van der Waals surface area contributed by atoms with Gasteiger partial charge in [0.15, 0.2) is 23.3 Å². The Hall–Kier alpha value is -4.07. The molecule has 3 nitrogen and oxygen atoms in total. The number of fused-ring (bicyclic) bond motifs is 5. The Labute approximate surface area is 202 Å². The largest absolute Gasteiger partial charge is 0.274 e. The van der Waals surface area contributed by atoms with Crippen LogP contribution >= 0.6 is 0 Å². The molecule has 1 heterocycles. The zero-order valence-corrected chi connectivity index (χ0v) is 18.4. The molecule has 1 saturated carbocycles. The van der Waals surface area contributed by atoms with Crippen molar-refractivity contribution in [1.82, 2.24) is 0 Å². The summed E-state index contributed by atoms with van der Waals surface area (Å²) >= 11 is 0. The lowest BCUT2D eigenvalue weighted by Crippen LogP contribution is -2.35. The van der Waals surface area contributed by atoms with E-state index >= 15 is 0 Å².